The van der Waals surface area contributed by atoms with E-state index in [1.165, 1.54) is 18.4 Å². The highest BCUT2D eigenvalue weighted by Gasteiger charge is 2.13. The van der Waals surface area contributed by atoms with Crippen LogP contribution in [0.5, 0.6) is 0 Å². The fourth-order valence-corrected chi connectivity index (χ4v) is 2.60. The van der Waals surface area contributed by atoms with Gasteiger partial charge in [0.05, 0.1) is 11.0 Å². The molecule has 1 fully saturated rings. The maximum atomic E-state index is 4.56. The molecule has 1 aromatic heterocycles. The molecule has 3 rings (SSSR count). The molecule has 1 aliphatic rings. The van der Waals surface area contributed by atoms with E-state index < -0.39 is 0 Å². The summed E-state index contributed by atoms with van der Waals surface area (Å²) in [5, 5.41) is 6.99. The van der Waals surface area contributed by atoms with Gasteiger partial charge < -0.3 is 15.2 Å². The van der Waals surface area contributed by atoms with Crippen molar-refractivity contribution in [2.45, 2.75) is 25.8 Å². The maximum absolute atomic E-state index is 4.56. The number of aromatic nitrogens is 2. The van der Waals surface area contributed by atoms with Crippen molar-refractivity contribution in [1.29, 1.82) is 0 Å². The molecule has 0 spiro atoms. The number of hydrogen-bond donors (Lipinski definition) is 2. The number of benzene rings is 1. The summed E-state index contributed by atoms with van der Waals surface area (Å²) in [6.07, 6.45) is 2.57. The van der Waals surface area contributed by atoms with E-state index in [0.29, 0.717) is 6.04 Å². The Labute approximate surface area is 107 Å². The van der Waals surface area contributed by atoms with Gasteiger partial charge in [-0.05, 0) is 44.5 Å². The summed E-state index contributed by atoms with van der Waals surface area (Å²) in [5.74, 6) is 1.06. The molecule has 1 atom stereocenters. The van der Waals surface area contributed by atoms with Gasteiger partial charge in [0.2, 0.25) is 0 Å². The summed E-state index contributed by atoms with van der Waals surface area (Å²) < 4.78 is 2.12. The highest BCUT2D eigenvalue weighted by atomic mass is 15.1. The number of nitrogens with one attached hydrogen (secondary N) is 2. The van der Waals surface area contributed by atoms with Gasteiger partial charge in [-0.25, -0.2) is 4.98 Å². The first-order chi connectivity index (χ1) is 8.74. The van der Waals surface area contributed by atoms with E-state index in [9.17, 15) is 0 Å². The van der Waals surface area contributed by atoms with Crippen molar-refractivity contribution in [3.63, 3.8) is 0 Å². The summed E-state index contributed by atoms with van der Waals surface area (Å²) in [6.45, 7) is 4.19. The Morgan fingerprint density at radius 2 is 2.39 bits per heavy atom. The third-order valence-electron chi connectivity index (χ3n) is 3.82. The number of hydrogen-bond acceptors (Lipinski definition) is 3. The molecule has 2 aromatic rings. The van der Waals surface area contributed by atoms with Crippen LogP contribution in [-0.2, 0) is 7.05 Å². The van der Waals surface area contributed by atoms with Crippen LogP contribution < -0.4 is 10.6 Å². The average Bonchev–Trinajstić information content (AvgIpc) is 2.97. The van der Waals surface area contributed by atoms with Gasteiger partial charge in [0.1, 0.15) is 5.82 Å². The average molecular weight is 244 g/mol. The number of fused-ring (bicyclic) bond motifs is 1. The number of aryl methyl sites for hydroxylation is 2. The van der Waals surface area contributed by atoms with Gasteiger partial charge in [-0.1, -0.05) is 0 Å². The Hall–Kier alpha value is -1.55. The van der Waals surface area contributed by atoms with Gasteiger partial charge in [0.15, 0.2) is 0 Å². The van der Waals surface area contributed by atoms with Crippen LogP contribution in [0.2, 0.25) is 0 Å². The summed E-state index contributed by atoms with van der Waals surface area (Å²) in [4.78, 5) is 4.56. The second kappa shape index (κ2) is 4.61. The molecule has 4 nitrogen and oxygen atoms in total. The largest absolute Gasteiger partial charge is 0.383 e. The molecular formula is C14H20N4. The van der Waals surface area contributed by atoms with Gasteiger partial charge in [-0.3, -0.25) is 0 Å². The Balaban J connectivity index is 1.76. The van der Waals surface area contributed by atoms with E-state index in [2.05, 4.69) is 45.4 Å². The van der Waals surface area contributed by atoms with E-state index in [4.69, 9.17) is 0 Å². The molecule has 1 aliphatic heterocycles. The minimum atomic E-state index is 0.617. The molecule has 0 aliphatic carbocycles. The fourth-order valence-electron chi connectivity index (χ4n) is 2.60. The predicted molar refractivity (Wildman–Crippen MR) is 75.0 cm³/mol. The molecule has 0 saturated carbocycles. The van der Waals surface area contributed by atoms with Crippen LogP contribution in [0.15, 0.2) is 18.2 Å². The van der Waals surface area contributed by atoms with E-state index in [0.717, 1.165) is 30.1 Å². The lowest BCUT2D eigenvalue weighted by Crippen LogP contribution is -2.29. The lowest BCUT2D eigenvalue weighted by molar-refractivity contribution is 0.633. The highest BCUT2D eigenvalue weighted by Crippen LogP contribution is 2.19. The minimum Gasteiger partial charge on any atom is -0.383 e. The standard InChI is InChI=1S/C14H20N4/c1-10-17-13-8-11(5-6-14(13)18(10)2)16-9-12-4-3-7-15-12/h5-6,8,12,15-16H,3-4,7,9H2,1-2H3. The van der Waals surface area contributed by atoms with Crippen LogP contribution >= 0.6 is 0 Å². The zero-order valence-corrected chi connectivity index (χ0v) is 11.0. The van der Waals surface area contributed by atoms with Crippen molar-refractivity contribution >= 4 is 16.7 Å². The molecule has 2 heterocycles. The molecule has 1 saturated heterocycles. The summed E-state index contributed by atoms with van der Waals surface area (Å²) >= 11 is 0. The number of anilines is 1. The van der Waals surface area contributed by atoms with Crippen LogP contribution in [-0.4, -0.2) is 28.7 Å². The van der Waals surface area contributed by atoms with Crippen molar-refractivity contribution in [3.8, 4) is 0 Å². The molecule has 1 unspecified atom stereocenters. The van der Waals surface area contributed by atoms with Crippen LogP contribution in [0.4, 0.5) is 5.69 Å². The van der Waals surface area contributed by atoms with Crippen LogP contribution in [0, 0.1) is 6.92 Å². The molecule has 4 heteroatoms. The van der Waals surface area contributed by atoms with Gasteiger partial charge in [0, 0.05) is 25.3 Å². The van der Waals surface area contributed by atoms with Gasteiger partial charge in [-0.2, -0.15) is 0 Å². The molecule has 96 valence electrons. The molecule has 18 heavy (non-hydrogen) atoms. The third kappa shape index (κ3) is 2.08. The lowest BCUT2D eigenvalue weighted by Gasteiger charge is -2.12. The third-order valence-corrected chi connectivity index (χ3v) is 3.82. The molecule has 0 radical (unpaired) electrons. The van der Waals surface area contributed by atoms with Crippen molar-refractivity contribution in [2.24, 2.45) is 7.05 Å². The second-order valence-electron chi connectivity index (χ2n) is 5.10. The van der Waals surface area contributed by atoms with E-state index >= 15 is 0 Å². The van der Waals surface area contributed by atoms with Crippen molar-refractivity contribution in [2.75, 3.05) is 18.4 Å². The second-order valence-corrected chi connectivity index (χ2v) is 5.10. The van der Waals surface area contributed by atoms with Crippen molar-refractivity contribution < 1.29 is 0 Å². The minimum absolute atomic E-state index is 0.617. The SMILES string of the molecule is Cc1nc2cc(NCC3CCCN3)ccc2n1C. The Morgan fingerprint density at radius 3 is 3.17 bits per heavy atom. The van der Waals surface area contributed by atoms with Crippen LogP contribution in [0.3, 0.4) is 0 Å². The van der Waals surface area contributed by atoms with E-state index in [-0.39, 0.29) is 0 Å². The molecule has 0 bridgehead atoms. The fraction of sp³-hybridized carbons (Fsp3) is 0.500. The molecule has 0 amide bonds. The first kappa shape index (κ1) is 11.5. The first-order valence-corrected chi connectivity index (χ1v) is 6.64. The van der Waals surface area contributed by atoms with Crippen LogP contribution in [0.1, 0.15) is 18.7 Å². The predicted octanol–water partition coefficient (Wildman–Crippen LogP) is 2.05. The number of rotatable bonds is 3. The van der Waals surface area contributed by atoms with Gasteiger partial charge in [-0.15, -0.1) is 0 Å². The Kier molecular flexibility index (Phi) is 2.96. The smallest absolute Gasteiger partial charge is 0.106 e. The monoisotopic (exact) mass is 244 g/mol. The van der Waals surface area contributed by atoms with E-state index in [1.54, 1.807) is 0 Å². The summed E-state index contributed by atoms with van der Waals surface area (Å²) in [5.41, 5.74) is 3.42. The quantitative estimate of drug-likeness (QED) is 0.868. The maximum Gasteiger partial charge on any atom is 0.106 e. The van der Waals surface area contributed by atoms with Crippen molar-refractivity contribution in [3.05, 3.63) is 24.0 Å². The molecule has 1 aromatic carbocycles. The highest BCUT2D eigenvalue weighted by molar-refractivity contribution is 5.80. The Morgan fingerprint density at radius 1 is 1.50 bits per heavy atom. The molecular weight excluding hydrogens is 224 g/mol. The first-order valence-electron chi connectivity index (χ1n) is 6.64. The van der Waals surface area contributed by atoms with E-state index in [1.807, 2.05) is 6.92 Å². The molecule has 2 N–H and O–H groups in total. The van der Waals surface area contributed by atoms with Crippen LogP contribution in [0.25, 0.3) is 11.0 Å². The normalized spacial score (nSPS) is 19.6. The summed E-state index contributed by atoms with van der Waals surface area (Å²) in [6, 6.07) is 7.03. The lowest BCUT2D eigenvalue weighted by atomic mass is 10.2. The van der Waals surface area contributed by atoms with Gasteiger partial charge in [0.25, 0.3) is 0 Å². The zero-order chi connectivity index (χ0) is 12.5. The topological polar surface area (TPSA) is 41.9 Å². The number of imidazole rings is 1. The summed E-state index contributed by atoms with van der Waals surface area (Å²) in [7, 11) is 2.06. The zero-order valence-electron chi connectivity index (χ0n) is 11.0. The Bertz CT molecular complexity index is 552. The number of nitrogens with zero attached hydrogens (tertiary/aromatic N) is 2. The van der Waals surface area contributed by atoms with Crippen molar-refractivity contribution in [1.82, 2.24) is 14.9 Å². The van der Waals surface area contributed by atoms with Gasteiger partial charge >= 0.3 is 0 Å².